The number of hydrogen-bond acceptors (Lipinski definition) is 2. The van der Waals surface area contributed by atoms with Gasteiger partial charge < -0.3 is 5.11 Å². The summed E-state index contributed by atoms with van der Waals surface area (Å²) < 4.78 is 0. The minimum absolute atomic E-state index is 0.0505. The van der Waals surface area contributed by atoms with Crippen LogP contribution in [-0.2, 0) is 4.79 Å². The molecule has 1 N–H and O–H groups in total. The lowest BCUT2D eigenvalue weighted by Gasteiger charge is -2.05. The Kier molecular flexibility index (Phi) is 4.33. The maximum absolute atomic E-state index is 11.6. The number of carbonyl (C=O) groups excluding carboxylic acids is 1. The maximum Gasteiger partial charge on any atom is 0.303 e. The van der Waals surface area contributed by atoms with Crippen LogP contribution in [0.4, 0.5) is 0 Å². The third-order valence-corrected chi connectivity index (χ3v) is 2.95. The van der Waals surface area contributed by atoms with Gasteiger partial charge in [0.1, 0.15) is 0 Å². The van der Waals surface area contributed by atoms with Crippen molar-refractivity contribution in [2.24, 2.45) is 0 Å². The van der Waals surface area contributed by atoms with Crippen LogP contribution in [0.1, 0.15) is 28.8 Å². The number of halogens is 2. The first kappa shape index (κ1) is 13.0. The quantitative estimate of drug-likeness (QED) is 0.845. The van der Waals surface area contributed by atoms with Gasteiger partial charge in [-0.05, 0) is 24.6 Å². The van der Waals surface area contributed by atoms with Gasteiger partial charge in [-0.3, -0.25) is 9.59 Å². The van der Waals surface area contributed by atoms with Crippen molar-refractivity contribution < 1.29 is 14.7 Å². The summed E-state index contributed by atoms with van der Waals surface area (Å²) in [6.45, 7) is 1.75. The monoisotopic (exact) mass is 260 g/mol. The number of aliphatic carboxylic acids is 1. The fourth-order valence-electron chi connectivity index (χ4n) is 1.17. The SMILES string of the molecule is Cc1c(Cl)cc(C(=O)CCC(=O)O)cc1Cl. The van der Waals surface area contributed by atoms with Crippen LogP contribution >= 0.6 is 23.2 Å². The number of carboxylic acid groups (broad SMARTS) is 1. The summed E-state index contributed by atoms with van der Waals surface area (Å²) in [6, 6.07) is 3.01. The van der Waals surface area contributed by atoms with Crippen LogP contribution in [0.3, 0.4) is 0 Å². The molecule has 0 amide bonds. The van der Waals surface area contributed by atoms with Gasteiger partial charge in [-0.2, -0.15) is 0 Å². The zero-order chi connectivity index (χ0) is 12.3. The lowest BCUT2D eigenvalue weighted by Crippen LogP contribution is -2.04. The first-order chi connectivity index (χ1) is 7.41. The molecule has 0 aliphatic carbocycles. The normalized spacial score (nSPS) is 10.2. The van der Waals surface area contributed by atoms with E-state index >= 15 is 0 Å². The fourth-order valence-corrected chi connectivity index (χ4v) is 1.66. The van der Waals surface area contributed by atoms with E-state index in [1.165, 1.54) is 12.1 Å². The van der Waals surface area contributed by atoms with Crippen molar-refractivity contribution in [1.29, 1.82) is 0 Å². The van der Waals surface area contributed by atoms with Crippen LogP contribution in [0, 0.1) is 6.92 Å². The minimum Gasteiger partial charge on any atom is -0.481 e. The number of hydrogen-bond donors (Lipinski definition) is 1. The van der Waals surface area contributed by atoms with E-state index < -0.39 is 5.97 Å². The molecule has 3 nitrogen and oxygen atoms in total. The summed E-state index contributed by atoms with van der Waals surface area (Å²) in [6.07, 6.45) is -0.243. The molecule has 0 unspecified atom stereocenters. The molecule has 16 heavy (non-hydrogen) atoms. The van der Waals surface area contributed by atoms with Gasteiger partial charge in [0.25, 0.3) is 0 Å². The predicted molar refractivity (Wildman–Crippen MR) is 62.4 cm³/mol. The van der Waals surface area contributed by atoms with Gasteiger partial charge >= 0.3 is 5.97 Å². The Bertz CT molecular complexity index is 418. The van der Waals surface area contributed by atoms with Crippen molar-refractivity contribution in [1.82, 2.24) is 0 Å². The fraction of sp³-hybridized carbons (Fsp3) is 0.273. The Hall–Kier alpha value is -1.06. The van der Waals surface area contributed by atoms with Crippen molar-refractivity contribution in [3.8, 4) is 0 Å². The Morgan fingerprint density at radius 1 is 1.19 bits per heavy atom. The minimum atomic E-state index is -1.00. The van der Waals surface area contributed by atoms with Crippen LogP contribution < -0.4 is 0 Å². The molecule has 1 aromatic rings. The van der Waals surface area contributed by atoms with Gasteiger partial charge in [0.2, 0.25) is 0 Å². The second-order valence-electron chi connectivity index (χ2n) is 3.38. The number of ketones is 1. The van der Waals surface area contributed by atoms with E-state index in [4.69, 9.17) is 28.3 Å². The molecule has 5 heteroatoms. The largest absolute Gasteiger partial charge is 0.481 e. The third kappa shape index (κ3) is 3.22. The molecule has 86 valence electrons. The Morgan fingerprint density at radius 2 is 1.69 bits per heavy atom. The van der Waals surface area contributed by atoms with Gasteiger partial charge in [0.15, 0.2) is 5.78 Å². The molecule has 0 saturated heterocycles. The summed E-state index contributed by atoms with van der Waals surface area (Å²) in [5.74, 6) is -1.27. The van der Waals surface area contributed by atoms with E-state index in [1.807, 2.05) is 0 Å². The molecule has 1 aromatic carbocycles. The zero-order valence-corrected chi connectivity index (χ0v) is 10.1. The van der Waals surface area contributed by atoms with E-state index in [9.17, 15) is 9.59 Å². The van der Waals surface area contributed by atoms with E-state index in [2.05, 4.69) is 0 Å². The molecule has 0 aliphatic rings. The van der Waals surface area contributed by atoms with Crippen molar-refractivity contribution in [3.63, 3.8) is 0 Å². The van der Waals surface area contributed by atoms with Crippen LogP contribution in [0.25, 0.3) is 0 Å². The van der Waals surface area contributed by atoms with Crippen LogP contribution in [-0.4, -0.2) is 16.9 Å². The lowest BCUT2D eigenvalue weighted by molar-refractivity contribution is -0.136. The third-order valence-electron chi connectivity index (χ3n) is 2.17. The molecular weight excluding hydrogens is 251 g/mol. The van der Waals surface area contributed by atoms with Crippen LogP contribution in [0.15, 0.2) is 12.1 Å². The highest BCUT2D eigenvalue weighted by Crippen LogP contribution is 2.26. The van der Waals surface area contributed by atoms with E-state index in [0.29, 0.717) is 21.2 Å². The Labute approximate surface area is 103 Å². The molecule has 0 fully saturated rings. The van der Waals surface area contributed by atoms with E-state index in [-0.39, 0.29) is 18.6 Å². The molecule has 0 aromatic heterocycles. The molecule has 0 saturated carbocycles. The van der Waals surface area contributed by atoms with Crippen LogP contribution in [0.5, 0.6) is 0 Å². The number of carboxylic acids is 1. The van der Waals surface area contributed by atoms with Crippen molar-refractivity contribution >= 4 is 35.0 Å². The average molecular weight is 261 g/mol. The molecule has 0 atom stereocenters. The summed E-state index contributed by atoms with van der Waals surface area (Å²) in [5.41, 5.74) is 1.06. The Morgan fingerprint density at radius 3 is 2.12 bits per heavy atom. The highest BCUT2D eigenvalue weighted by Gasteiger charge is 2.12. The highest BCUT2D eigenvalue weighted by atomic mass is 35.5. The molecule has 1 rings (SSSR count). The standard InChI is InChI=1S/C11H10Cl2O3/c1-6-8(12)4-7(5-9(6)13)10(14)2-3-11(15)16/h4-5H,2-3H2,1H3,(H,15,16). The number of carbonyl (C=O) groups is 2. The zero-order valence-electron chi connectivity index (χ0n) is 8.59. The second-order valence-corrected chi connectivity index (χ2v) is 4.20. The van der Waals surface area contributed by atoms with Crippen molar-refractivity contribution in [2.45, 2.75) is 19.8 Å². The second kappa shape index (κ2) is 5.32. The van der Waals surface area contributed by atoms with E-state index in [1.54, 1.807) is 6.92 Å². The van der Waals surface area contributed by atoms with Gasteiger partial charge in [0, 0.05) is 22.0 Å². The average Bonchev–Trinajstić information content (AvgIpc) is 2.21. The summed E-state index contributed by atoms with van der Waals surface area (Å²) in [4.78, 5) is 21.9. The maximum atomic E-state index is 11.6. The summed E-state index contributed by atoms with van der Waals surface area (Å²) in [5, 5.41) is 9.28. The molecule has 0 bridgehead atoms. The smallest absolute Gasteiger partial charge is 0.303 e. The lowest BCUT2D eigenvalue weighted by atomic mass is 10.1. The molecule has 0 heterocycles. The number of Topliss-reactive ketones (excluding diaryl/α,β-unsaturated/α-hetero) is 1. The molecule has 0 aliphatic heterocycles. The predicted octanol–water partition coefficient (Wildman–Crippen LogP) is 3.35. The molecule has 0 radical (unpaired) electrons. The number of rotatable bonds is 4. The van der Waals surface area contributed by atoms with Gasteiger partial charge in [-0.15, -0.1) is 0 Å². The molecular formula is C11H10Cl2O3. The van der Waals surface area contributed by atoms with E-state index in [0.717, 1.165) is 0 Å². The first-order valence-electron chi connectivity index (χ1n) is 4.62. The summed E-state index contributed by atoms with van der Waals surface area (Å²) >= 11 is 11.7. The van der Waals surface area contributed by atoms with Crippen molar-refractivity contribution in [3.05, 3.63) is 33.3 Å². The van der Waals surface area contributed by atoms with Gasteiger partial charge in [0.05, 0.1) is 6.42 Å². The number of benzene rings is 1. The van der Waals surface area contributed by atoms with Crippen LogP contribution in [0.2, 0.25) is 10.0 Å². The topological polar surface area (TPSA) is 54.4 Å². The first-order valence-corrected chi connectivity index (χ1v) is 5.38. The molecule has 0 spiro atoms. The Balaban J connectivity index is 2.88. The highest BCUT2D eigenvalue weighted by molar-refractivity contribution is 6.36. The summed E-state index contributed by atoms with van der Waals surface area (Å²) in [7, 11) is 0. The van der Waals surface area contributed by atoms with Crippen molar-refractivity contribution in [2.75, 3.05) is 0 Å². The van der Waals surface area contributed by atoms with Gasteiger partial charge in [-0.1, -0.05) is 23.2 Å². The van der Waals surface area contributed by atoms with Gasteiger partial charge in [-0.25, -0.2) is 0 Å².